The standard InChI is InChI=1S/C14H14O5/c1-17-14(16)11-10(9-5-3-6-18-9)8-4-2-7-19-13(8)12(11)15/h3,5-6,10-11H,2,4,7H2,1H3/t10-,11-/m1/s1. The van der Waals surface area contributed by atoms with Crippen LogP contribution >= 0.6 is 0 Å². The van der Waals surface area contributed by atoms with Crippen molar-refractivity contribution in [1.82, 2.24) is 0 Å². The molecule has 0 unspecified atom stereocenters. The number of furan rings is 1. The fourth-order valence-electron chi connectivity index (χ4n) is 2.84. The molecule has 0 amide bonds. The van der Waals surface area contributed by atoms with Crippen LogP contribution in [0.5, 0.6) is 0 Å². The monoisotopic (exact) mass is 262 g/mol. The van der Waals surface area contributed by atoms with E-state index < -0.39 is 11.9 Å². The van der Waals surface area contributed by atoms with Crippen molar-refractivity contribution in [2.24, 2.45) is 5.92 Å². The summed E-state index contributed by atoms with van der Waals surface area (Å²) in [5.74, 6) is -1.14. The summed E-state index contributed by atoms with van der Waals surface area (Å²) in [7, 11) is 1.28. The summed E-state index contributed by atoms with van der Waals surface area (Å²) >= 11 is 0. The molecule has 0 N–H and O–H groups in total. The first-order chi connectivity index (χ1) is 9.24. The van der Waals surface area contributed by atoms with Gasteiger partial charge in [0.25, 0.3) is 0 Å². The van der Waals surface area contributed by atoms with Crippen LogP contribution in [0.1, 0.15) is 24.5 Å². The molecule has 1 aliphatic heterocycles. The van der Waals surface area contributed by atoms with Gasteiger partial charge >= 0.3 is 5.97 Å². The first-order valence-corrected chi connectivity index (χ1v) is 6.25. The van der Waals surface area contributed by atoms with Crippen molar-refractivity contribution in [2.45, 2.75) is 18.8 Å². The highest BCUT2D eigenvalue weighted by Crippen LogP contribution is 2.46. The summed E-state index contributed by atoms with van der Waals surface area (Å²) in [6.45, 7) is 0.517. The Bertz CT molecular complexity index is 540. The highest BCUT2D eigenvalue weighted by molar-refractivity contribution is 6.11. The molecule has 3 rings (SSSR count). The van der Waals surface area contributed by atoms with Crippen LogP contribution in [0.3, 0.4) is 0 Å². The predicted molar refractivity (Wildman–Crippen MR) is 64.2 cm³/mol. The van der Waals surface area contributed by atoms with Gasteiger partial charge in [0.1, 0.15) is 11.7 Å². The number of hydrogen-bond donors (Lipinski definition) is 0. The first-order valence-electron chi connectivity index (χ1n) is 6.25. The molecule has 19 heavy (non-hydrogen) atoms. The zero-order chi connectivity index (χ0) is 13.4. The summed E-state index contributed by atoms with van der Waals surface area (Å²) in [5, 5.41) is 0. The maximum atomic E-state index is 12.3. The van der Waals surface area contributed by atoms with Gasteiger partial charge in [-0.3, -0.25) is 9.59 Å². The second kappa shape index (κ2) is 4.57. The van der Waals surface area contributed by atoms with E-state index in [9.17, 15) is 9.59 Å². The molecule has 0 saturated heterocycles. The van der Waals surface area contributed by atoms with Gasteiger partial charge in [0, 0.05) is 0 Å². The predicted octanol–water partition coefficient (Wildman–Crippen LogP) is 1.80. The van der Waals surface area contributed by atoms with Crippen molar-refractivity contribution in [3.63, 3.8) is 0 Å². The fourth-order valence-corrected chi connectivity index (χ4v) is 2.84. The van der Waals surface area contributed by atoms with E-state index in [1.807, 2.05) is 0 Å². The van der Waals surface area contributed by atoms with Gasteiger partial charge in [0.2, 0.25) is 5.78 Å². The number of ketones is 1. The molecule has 100 valence electrons. The molecule has 1 aromatic heterocycles. The summed E-state index contributed by atoms with van der Waals surface area (Å²) in [4.78, 5) is 24.2. The van der Waals surface area contributed by atoms with E-state index >= 15 is 0 Å². The summed E-state index contributed by atoms with van der Waals surface area (Å²) < 4.78 is 15.6. The number of methoxy groups -OCH3 is 1. The zero-order valence-electron chi connectivity index (χ0n) is 10.5. The van der Waals surface area contributed by atoms with Crippen molar-refractivity contribution < 1.29 is 23.5 Å². The number of ether oxygens (including phenoxy) is 2. The SMILES string of the molecule is COC(=O)[C@H]1C(=O)C2=C(CCCO2)[C@@H]1c1ccco1. The molecule has 0 bridgehead atoms. The number of hydrogen-bond acceptors (Lipinski definition) is 5. The Balaban J connectivity index is 2.06. The Labute approximate surface area is 110 Å². The van der Waals surface area contributed by atoms with Gasteiger partial charge in [-0.1, -0.05) is 0 Å². The molecule has 2 heterocycles. The lowest BCUT2D eigenvalue weighted by molar-refractivity contribution is -0.149. The summed E-state index contributed by atoms with van der Waals surface area (Å²) in [6, 6.07) is 3.52. The van der Waals surface area contributed by atoms with Gasteiger partial charge in [0.15, 0.2) is 5.76 Å². The summed E-state index contributed by atoms with van der Waals surface area (Å²) in [6.07, 6.45) is 3.13. The van der Waals surface area contributed by atoms with E-state index in [1.54, 1.807) is 12.1 Å². The second-order valence-electron chi connectivity index (χ2n) is 4.66. The molecular weight excluding hydrogens is 248 g/mol. The largest absolute Gasteiger partial charge is 0.490 e. The van der Waals surface area contributed by atoms with Gasteiger partial charge in [-0.2, -0.15) is 0 Å². The molecule has 5 heteroatoms. The number of rotatable bonds is 2. The maximum absolute atomic E-state index is 12.3. The van der Waals surface area contributed by atoms with Crippen molar-refractivity contribution >= 4 is 11.8 Å². The maximum Gasteiger partial charge on any atom is 0.317 e. The quantitative estimate of drug-likeness (QED) is 0.600. The topological polar surface area (TPSA) is 65.7 Å². The Hall–Kier alpha value is -2.04. The molecule has 5 nitrogen and oxygen atoms in total. The third-order valence-corrected chi connectivity index (χ3v) is 3.65. The molecule has 0 saturated carbocycles. The highest BCUT2D eigenvalue weighted by Gasteiger charge is 2.50. The van der Waals surface area contributed by atoms with E-state index in [0.29, 0.717) is 18.1 Å². The average Bonchev–Trinajstić information content (AvgIpc) is 3.05. The lowest BCUT2D eigenvalue weighted by Gasteiger charge is -2.19. The molecule has 1 aromatic rings. The number of carbonyl (C=O) groups is 2. The molecular formula is C14H14O5. The smallest absolute Gasteiger partial charge is 0.317 e. The number of carbonyl (C=O) groups excluding carboxylic acids is 2. The Kier molecular flexibility index (Phi) is 2.89. The summed E-state index contributed by atoms with van der Waals surface area (Å²) in [5.41, 5.74) is 0.863. The van der Waals surface area contributed by atoms with Gasteiger partial charge in [-0.05, 0) is 30.5 Å². The third kappa shape index (κ3) is 1.77. The molecule has 2 aliphatic rings. The van der Waals surface area contributed by atoms with Crippen LogP contribution in [0.25, 0.3) is 0 Å². The van der Waals surface area contributed by atoms with E-state index in [4.69, 9.17) is 13.9 Å². The minimum atomic E-state index is -0.876. The first kappa shape index (κ1) is 12.0. The highest BCUT2D eigenvalue weighted by atomic mass is 16.5. The lowest BCUT2D eigenvalue weighted by atomic mass is 9.86. The average molecular weight is 262 g/mol. The Morgan fingerprint density at radius 1 is 1.47 bits per heavy atom. The van der Waals surface area contributed by atoms with E-state index in [1.165, 1.54) is 13.4 Å². The van der Waals surface area contributed by atoms with Gasteiger partial charge < -0.3 is 13.9 Å². The molecule has 0 aromatic carbocycles. The van der Waals surface area contributed by atoms with E-state index in [0.717, 1.165) is 18.4 Å². The second-order valence-corrected chi connectivity index (χ2v) is 4.66. The minimum Gasteiger partial charge on any atom is -0.490 e. The van der Waals surface area contributed by atoms with Crippen LogP contribution in [-0.4, -0.2) is 25.5 Å². The molecule has 1 aliphatic carbocycles. The number of esters is 1. The van der Waals surface area contributed by atoms with Gasteiger partial charge in [0.05, 0.1) is 25.9 Å². The van der Waals surface area contributed by atoms with Crippen LogP contribution in [0.2, 0.25) is 0 Å². The molecule has 0 radical (unpaired) electrons. The van der Waals surface area contributed by atoms with Crippen LogP contribution < -0.4 is 0 Å². The Morgan fingerprint density at radius 3 is 3.00 bits per heavy atom. The van der Waals surface area contributed by atoms with Gasteiger partial charge in [-0.25, -0.2) is 0 Å². The zero-order valence-corrected chi connectivity index (χ0v) is 10.5. The van der Waals surface area contributed by atoms with Crippen LogP contribution in [0.15, 0.2) is 34.1 Å². The van der Waals surface area contributed by atoms with E-state index in [-0.39, 0.29) is 11.7 Å². The van der Waals surface area contributed by atoms with Crippen molar-refractivity contribution in [2.75, 3.05) is 13.7 Å². The van der Waals surface area contributed by atoms with Crippen molar-refractivity contribution in [1.29, 1.82) is 0 Å². The van der Waals surface area contributed by atoms with Crippen LogP contribution in [0.4, 0.5) is 0 Å². The number of allylic oxidation sites excluding steroid dienone is 2. The molecule has 0 fully saturated rings. The van der Waals surface area contributed by atoms with Gasteiger partial charge in [-0.15, -0.1) is 0 Å². The lowest BCUT2D eigenvalue weighted by Crippen LogP contribution is -2.27. The van der Waals surface area contributed by atoms with Crippen LogP contribution in [-0.2, 0) is 19.1 Å². The molecule has 2 atom stereocenters. The third-order valence-electron chi connectivity index (χ3n) is 3.65. The normalized spacial score (nSPS) is 26.1. The Morgan fingerprint density at radius 2 is 2.32 bits per heavy atom. The van der Waals surface area contributed by atoms with Crippen molar-refractivity contribution in [3.8, 4) is 0 Å². The van der Waals surface area contributed by atoms with Crippen LogP contribution in [0, 0.1) is 5.92 Å². The minimum absolute atomic E-state index is 0.289. The molecule has 0 spiro atoms. The fraction of sp³-hybridized carbons (Fsp3) is 0.429. The van der Waals surface area contributed by atoms with Crippen molar-refractivity contribution in [3.05, 3.63) is 35.5 Å². The van der Waals surface area contributed by atoms with E-state index in [2.05, 4.69) is 0 Å². The number of Topliss-reactive ketones (excluding diaryl/α,β-unsaturated/α-hetero) is 1.